The van der Waals surface area contributed by atoms with Crippen LogP contribution in [-0.4, -0.2) is 34.2 Å². The lowest BCUT2D eigenvalue weighted by Gasteiger charge is -2.11. The van der Waals surface area contributed by atoms with Gasteiger partial charge in [-0.1, -0.05) is 18.2 Å². The zero-order valence-corrected chi connectivity index (χ0v) is 12.5. The normalized spacial score (nSPS) is 10.7. The average Bonchev–Trinajstić information content (AvgIpc) is 3.06. The number of carbonyl (C=O) groups is 1. The second kappa shape index (κ2) is 6.93. The maximum absolute atomic E-state index is 12.3. The monoisotopic (exact) mass is 311 g/mol. The molecule has 0 saturated heterocycles. The summed E-state index contributed by atoms with van der Waals surface area (Å²) in [6, 6.07) is 12.7. The van der Waals surface area contributed by atoms with Gasteiger partial charge in [0, 0.05) is 17.7 Å². The Balaban J connectivity index is 1.69. The smallest absolute Gasteiger partial charge is 0.251 e. The predicted octanol–water partition coefficient (Wildman–Crippen LogP) is 1.86. The van der Waals surface area contributed by atoms with E-state index in [1.165, 1.54) is 0 Å². The number of ether oxygens (including phenoxy) is 1. The number of amides is 1. The lowest BCUT2D eigenvalue weighted by Crippen LogP contribution is -2.23. The van der Waals surface area contributed by atoms with Crippen molar-refractivity contribution in [2.24, 2.45) is 0 Å². The number of aromatic nitrogens is 2. The summed E-state index contributed by atoms with van der Waals surface area (Å²) >= 11 is 0. The van der Waals surface area contributed by atoms with Crippen molar-refractivity contribution in [2.45, 2.75) is 6.54 Å². The molecule has 1 aromatic heterocycles. The fourth-order valence-corrected chi connectivity index (χ4v) is 2.30. The van der Waals surface area contributed by atoms with Crippen LogP contribution in [0.3, 0.4) is 0 Å². The molecule has 0 spiro atoms. The van der Waals surface area contributed by atoms with E-state index in [4.69, 9.17) is 9.84 Å². The summed E-state index contributed by atoms with van der Waals surface area (Å²) in [5.74, 6) is 0.490. The molecule has 0 bridgehead atoms. The zero-order chi connectivity index (χ0) is 16.1. The average molecular weight is 311 g/mol. The van der Waals surface area contributed by atoms with Crippen LogP contribution in [0.15, 0.2) is 48.8 Å². The molecule has 0 aliphatic heterocycles. The predicted molar refractivity (Wildman–Crippen MR) is 86.3 cm³/mol. The number of aliphatic hydroxyl groups excluding tert-OH is 1. The maximum atomic E-state index is 12.3. The molecule has 0 atom stereocenters. The van der Waals surface area contributed by atoms with Crippen molar-refractivity contribution >= 4 is 16.9 Å². The minimum Gasteiger partial charge on any atom is -0.491 e. The molecule has 6 heteroatoms. The molecule has 0 radical (unpaired) electrons. The topological polar surface area (TPSA) is 87.2 Å². The van der Waals surface area contributed by atoms with Crippen molar-refractivity contribution in [1.29, 1.82) is 0 Å². The zero-order valence-electron chi connectivity index (χ0n) is 12.5. The Bertz CT molecular complexity index is 813. The molecule has 3 aromatic rings. The number of aromatic amines is 1. The molecule has 2 aromatic carbocycles. The number of rotatable bonds is 6. The van der Waals surface area contributed by atoms with E-state index >= 15 is 0 Å². The number of H-pyrrole nitrogens is 1. The van der Waals surface area contributed by atoms with Gasteiger partial charge in [-0.05, 0) is 24.3 Å². The largest absolute Gasteiger partial charge is 0.491 e. The molecule has 1 amide bonds. The van der Waals surface area contributed by atoms with E-state index in [0.717, 1.165) is 16.6 Å². The number of aliphatic hydroxyl groups is 1. The maximum Gasteiger partial charge on any atom is 0.251 e. The summed E-state index contributed by atoms with van der Waals surface area (Å²) in [4.78, 5) is 19.4. The third-order valence-corrected chi connectivity index (χ3v) is 3.44. The first-order valence-electron chi connectivity index (χ1n) is 7.31. The molecule has 6 nitrogen and oxygen atoms in total. The SMILES string of the molecule is O=C(NCc1ccccc1OCCO)c1ccc2nc[nH]c2c1. The van der Waals surface area contributed by atoms with Gasteiger partial charge in [-0.2, -0.15) is 0 Å². The molecule has 23 heavy (non-hydrogen) atoms. The highest BCUT2D eigenvalue weighted by Crippen LogP contribution is 2.18. The number of para-hydroxylation sites is 1. The van der Waals surface area contributed by atoms with E-state index < -0.39 is 0 Å². The number of hydrogen-bond acceptors (Lipinski definition) is 4. The van der Waals surface area contributed by atoms with Crippen LogP contribution in [0.4, 0.5) is 0 Å². The number of imidazole rings is 1. The molecule has 0 saturated carbocycles. The van der Waals surface area contributed by atoms with E-state index in [1.54, 1.807) is 24.5 Å². The lowest BCUT2D eigenvalue weighted by molar-refractivity contribution is 0.0950. The van der Waals surface area contributed by atoms with E-state index in [9.17, 15) is 4.79 Å². The van der Waals surface area contributed by atoms with Crippen LogP contribution in [-0.2, 0) is 6.54 Å². The molecular formula is C17H17N3O3. The van der Waals surface area contributed by atoms with Crippen LogP contribution in [0.25, 0.3) is 11.0 Å². The van der Waals surface area contributed by atoms with Gasteiger partial charge in [0.2, 0.25) is 0 Å². The first-order chi connectivity index (χ1) is 11.3. The summed E-state index contributed by atoms with van der Waals surface area (Å²) in [7, 11) is 0. The minimum absolute atomic E-state index is 0.0507. The Hall–Kier alpha value is -2.86. The number of carbonyl (C=O) groups excluding carboxylic acids is 1. The fourth-order valence-electron chi connectivity index (χ4n) is 2.30. The van der Waals surface area contributed by atoms with E-state index in [-0.39, 0.29) is 19.1 Å². The van der Waals surface area contributed by atoms with Crippen molar-refractivity contribution in [3.8, 4) is 5.75 Å². The number of fused-ring (bicyclic) bond motifs is 1. The van der Waals surface area contributed by atoms with Crippen LogP contribution in [0.2, 0.25) is 0 Å². The quantitative estimate of drug-likeness (QED) is 0.648. The Morgan fingerprint density at radius 1 is 1.26 bits per heavy atom. The van der Waals surface area contributed by atoms with Gasteiger partial charge in [-0.15, -0.1) is 0 Å². The van der Waals surface area contributed by atoms with Gasteiger partial charge < -0.3 is 20.1 Å². The molecule has 0 aliphatic rings. The number of nitrogens with one attached hydrogen (secondary N) is 2. The standard InChI is InChI=1S/C17H17N3O3/c21-7-8-23-16-4-2-1-3-13(16)10-18-17(22)12-5-6-14-15(9-12)20-11-19-14/h1-6,9,11,21H,7-8,10H2,(H,18,22)(H,19,20). The van der Waals surface area contributed by atoms with Crippen LogP contribution in [0.5, 0.6) is 5.75 Å². The van der Waals surface area contributed by atoms with Gasteiger partial charge in [0.1, 0.15) is 12.4 Å². The van der Waals surface area contributed by atoms with E-state index in [2.05, 4.69) is 15.3 Å². The first-order valence-corrected chi connectivity index (χ1v) is 7.31. The number of benzene rings is 2. The molecule has 1 heterocycles. The van der Waals surface area contributed by atoms with Crippen molar-refractivity contribution in [3.05, 3.63) is 59.9 Å². The van der Waals surface area contributed by atoms with Crippen LogP contribution in [0.1, 0.15) is 15.9 Å². The van der Waals surface area contributed by atoms with Crippen molar-refractivity contribution in [1.82, 2.24) is 15.3 Å². The van der Waals surface area contributed by atoms with E-state index in [0.29, 0.717) is 17.9 Å². The van der Waals surface area contributed by atoms with Crippen LogP contribution >= 0.6 is 0 Å². The number of hydrogen-bond donors (Lipinski definition) is 3. The summed E-state index contributed by atoms with van der Waals surface area (Å²) < 4.78 is 5.46. The highest BCUT2D eigenvalue weighted by molar-refractivity contribution is 5.97. The highest BCUT2D eigenvalue weighted by Gasteiger charge is 2.09. The van der Waals surface area contributed by atoms with Crippen molar-refractivity contribution < 1.29 is 14.6 Å². The van der Waals surface area contributed by atoms with Crippen LogP contribution < -0.4 is 10.1 Å². The van der Waals surface area contributed by atoms with Gasteiger partial charge in [0.15, 0.2) is 0 Å². The molecule has 0 aliphatic carbocycles. The Kier molecular flexibility index (Phi) is 4.54. The lowest BCUT2D eigenvalue weighted by atomic mass is 10.1. The second-order valence-corrected chi connectivity index (χ2v) is 5.00. The van der Waals surface area contributed by atoms with Crippen molar-refractivity contribution in [2.75, 3.05) is 13.2 Å². The summed E-state index contributed by atoms with van der Waals surface area (Å²) in [5, 5.41) is 11.7. The second-order valence-electron chi connectivity index (χ2n) is 5.00. The first kappa shape index (κ1) is 15.1. The fraction of sp³-hybridized carbons (Fsp3) is 0.176. The molecule has 0 unspecified atom stereocenters. The van der Waals surface area contributed by atoms with Gasteiger partial charge >= 0.3 is 0 Å². The van der Waals surface area contributed by atoms with Gasteiger partial charge in [0.25, 0.3) is 5.91 Å². The Labute approximate surface area is 133 Å². The molecule has 118 valence electrons. The van der Waals surface area contributed by atoms with Crippen molar-refractivity contribution in [3.63, 3.8) is 0 Å². The Morgan fingerprint density at radius 2 is 2.13 bits per heavy atom. The molecule has 3 rings (SSSR count). The van der Waals surface area contributed by atoms with E-state index in [1.807, 2.05) is 24.3 Å². The molecular weight excluding hydrogens is 294 g/mol. The Morgan fingerprint density at radius 3 is 3.00 bits per heavy atom. The number of nitrogens with zero attached hydrogens (tertiary/aromatic N) is 1. The van der Waals surface area contributed by atoms with Gasteiger partial charge in [0.05, 0.1) is 24.0 Å². The van der Waals surface area contributed by atoms with Gasteiger partial charge in [-0.3, -0.25) is 4.79 Å². The molecule has 3 N–H and O–H groups in total. The summed E-state index contributed by atoms with van der Waals surface area (Å²) in [6.45, 7) is 0.522. The third kappa shape index (κ3) is 3.49. The summed E-state index contributed by atoms with van der Waals surface area (Å²) in [5.41, 5.74) is 3.07. The summed E-state index contributed by atoms with van der Waals surface area (Å²) in [6.07, 6.45) is 1.60. The highest BCUT2D eigenvalue weighted by atomic mass is 16.5. The minimum atomic E-state index is -0.168. The van der Waals surface area contributed by atoms with Crippen LogP contribution in [0, 0.1) is 0 Å². The third-order valence-electron chi connectivity index (χ3n) is 3.44. The van der Waals surface area contributed by atoms with Gasteiger partial charge in [-0.25, -0.2) is 4.98 Å². The molecule has 0 fully saturated rings.